The molecule has 3 aromatic rings. The van der Waals surface area contributed by atoms with Crippen molar-refractivity contribution in [3.8, 4) is 23.0 Å². The summed E-state index contributed by atoms with van der Waals surface area (Å²) in [7, 11) is 0. The molecule has 0 radical (unpaired) electrons. The third-order valence-corrected chi connectivity index (χ3v) is 5.84. The van der Waals surface area contributed by atoms with Crippen LogP contribution in [0.1, 0.15) is 36.7 Å². The van der Waals surface area contributed by atoms with Crippen LogP contribution in [0.4, 0.5) is 0 Å². The Morgan fingerprint density at radius 2 is 1.71 bits per heavy atom. The maximum Gasteiger partial charge on any atom is 0.113 e. The van der Waals surface area contributed by atoms with Crippen LogP contribution in [0.25, 0.3) is 17.2 Å². The van der Waals surface area contributed by atoms with E-state index in [2.05, 4.69) is 45.8 Å². The van der Waals surface area contributed by atoms with Crippen molar-refractivity contribution in [3.05, 3.63) is 89.0 Å². The van der Waals surface area contributed by atoms with Crippen molar-refractivity contribution >= 4 is 17.7 Å². The summed E-state index contributed by atoms with van der Waals surface area (Å²) in [6.45, 7) is 5.73. The van der Waals surface area contributed by atoms with Crippen LogP contribution in [0.15, 0.2) is 67.0 Å². The van der Waals surface area contributed by atoms with Crippen LogP contribution in [0.3, 0.4) is 0 Å². The molecule has 0 bridgehead atoms. The van der Waals surface area contributed by atoms with Gasteiger partial charge in [-0.25, -0.2) is 4.98 Å². The SMILES string of the molecule is CC1CCN(CC=Cc2ccc(C#Cc3ccc(-c4ccc(Cl)cc4)cn3)cn2)CC1. The van der Waals surface area contributed by atoms with Crippen LogP contribution in [0.2, 0.25) is 5.02 Å². The lowest BCUT2D eigenvalue weighted by atomic mass is 9.99. The van der Waals surface area contributed by atoms with Gasteiger partial charge in [-0.3, -0.25) is 9.88 Å². The van der Waals surface area contributed by atoms with Crippen molar-refractivity contribution in [2.24, 2.45) is 5.92 Å². The zero-order chi connectivity index (χ0) is 21.5. The first kappa shape index (κ1) is 21.3. The van der Waals surface area contributed by atoms with Crippen LogP contribution < -0.4 is 0 Å². The van der Waals surface area contributed by atoms with Gasteiger partial charge in [-0.2, -0.15) is 0 Å². The van der Waals surface area contributed by atoms with E-state index in [1.165, 1.54) is 25.9 Å². The average Bonchev–Trinajstić information content (AvgIpc) is 2.81. The Morgan fingerprint density at radius 3 is 2.39 bits per heavy atom. The van der Waals surface area contributed by atoms with Crippen molar-refractivity contribution in [1.82, 2.24) is 14.9 Å². The molecule has 0 N–H and O–H groups in total. The highest BCUT2D eigenvalue weighted by Gasteiger charge is 2.13. The molecule has 0 aliphatic carbocycles. The standard InChI is InChI=1S/C27H26ClN3/c1-21-14-17-31(18-15-21)16-2-3-26-11-4-22(19-29-26)5-12-27-13-8-24(20-30-27)23-6-9-25(28)10-7-23/h2-4,6-11,13,19-21H,14-18H2,1H3. The highest BCUT2D eigenvalue weighted by Crippen LogP contribution is 2.20. The fraction of sp³-hybridized carbons (Fsp3) is 0.259. The third kappa shape index (κ3) is 6.28. The predicted molar refractivity (Wildman–Crippen MR) is 129 cm³/mol. The molecule has 0 amide bonds. The molecule has 0 atom stereocenters. The lowest BCUT2D eigenvalue weighted by molar-refractivity contribution is 0.210. The minimum Gasteiger partial charge on any atom is -0.300 e. The first-order valence-corrected chi connectivity index (χ1v) is 11.1. The Hall–Kier alpha value is -2.93. The van der Waals surface area contributed by atoms with Gasteiger partial charge in [-0.15, -0.1) is 0 Å². The summed E-state index contributed by atoms with van der Waals surface area (Å²) in [6.07, 6.45) is 10.6. The first-order chi connectivity index (χ1) is 15.2. The molecule has 156 valence electrons. The predicted octanol–water partition coefficient (Wildman–Crippen LogP) is 5.94. The van der Waals surface area contributed by atoms with Gasteiger partial charge in [0.15, 0.2) is 0 Å². The molecule has 0 spiro atoms. The van der Waals surface area contributed by atoms with Gasteiger partial charge in [0.2, 0.25) is 0 Å². The van der Waals surface area contributed by atoms with Gasteiger partial charge in [0.25, 0.3) is 0 Å². The molecule has 1 aromatic carbocycles. The molecule has 2 aromatic heterocycles. The maximum atomic E-state index is 5.95. The van der Waals surface area contributed by atoms with Crippen LogP contribution in [-0.2, 0) is 0 Å². The number of rotatable bonds is 4. The van der Waals surface area contributed by atoms with Crippen LogP contribution in [0, 0.1) is 17.8 Å². The van der Waals surface area contributed by atoms with Crippen molar-refractivity contribution in [2.75, 3.05) is 19.6 Å². The molecule has 31 heavy (non-hydrogen) atoms. The fourth-order valence-corrected chi connectivity index (χ4v) is 3.69. The Kier molecular flexibility index (Phi) is 7.14. The summed E-state index contributed by atoms with van der Waals surface area (Å²) >= 11 is 5.95. The Labute approximate surface area is 189 Å². The summed E-state index contributed by atoms with van der Waals surface area (Å²) in [5.41, 5.74) is 4.70. The summed E-state index contributed by atoms with van der Waals surface area (Å²) < 4.78 is 0. The molecule has 0 saturated carbocycles. The lowest BCUT2D eigenvalue weighted by Gasteiger charge is -2.29. The van der Waals surface area contributed by atoms with Gasteiger partial charge < -0.3 is 0 Å². The molecule has 4 rings (SSSR count). The zero-order valence-corrected chi connectivity index (χ0v) is 18.5. The largest absolute Gasteiger partial charge is 0.300 e. The summed E-state index contributed by atoms with van der Waals surface area (Å²) in [5, 5.41) is 0.728. The van der Waals surface area contributed by atoms with E-state index >= 15 is 0 Å². The lowest BCUT2D eigenvalue weighted by Crippen LogP contribution is -2.32. The van der Waals surface area contributed by atoms with Gasteiger partial charge in [-0.05, 0) is 79.7 Å². The van der Waals surface area contributed by atoms with Crippen LogP contribution >= 0.6 is 11.6 Å². The zero-order valence-electron chi connectivity index (χ0n) is 17.8. The number of pyridine rings is 2. The molecule has 1 saturated heterocycles. The average molecular weight is 428 g/mol. The second kappa shape index (κ2) is 10.4. The molecule has 1 fully saturated rings. The monoisotopic (exact) mass is 427 g/mol. The second-order valence-electron chi connectivity index (χ2n) is 8.05. The van der Waals surface area contributed by atoms with Gasteiger partial charge in [0.1, 0.15) is 5.69 Å². The van der Waals surface area contributed by atoms with Crippen molar-refractivity contribution in [1.29, 1.82) is 0 Å². The number of nitrogens with zero attached hydrogens (tertiary/aromatic N) is 3. The van der Waals surface area contributed by atoms with E-state index in [1.807, 2.05) is 60.9 Å². The summed E-state index contributed by atoms with van der Waals surface area (Å²) in [4.78, 5) is 11.5. The normalized spacial score (nSPS) is 15.0. The number of likely N-dealkylation sites (tertiary alicyclic amines) is 1. The fourth-order valence-electron chi connectivity index (χ4n) is 3.56. The highest BCUT2D eigenvalue weighted by atomic mass is 35.5. The number of aromatic nitrogens is 2. The van der Waals surface area contributed by atoms with E-state index in [1.54, 1.807) is 0 Å². The molecule has 4 heteroatoms. The van der Waals surface area contributed by atoms with E-state index in [4.69, 9.17) is 11.6 Å². The summed E-state index contributed by atoms with van der Waals surface area (Å²) in [6, 6.07) is 15.7. The quantitative estimate of drug-likeness (QED) is 0.482. The highest BCUT2D eigenvalue weighted by molar-refractivity contribution is 6.30. The maximum absolute atomic E-state index is 5.95. The molecule has 1 aliphatic rings. The Balaban J connectivity index is 1.33. The summed E-state index contributed by atoms with van der Waals surface area (Å²) in [5.74, 6) is 7.12. The van der Waals surface area contributed by atoms with E-state index < -0.39 is 0 Å². The Bertz CT molecular complexity index is 1070. The topological polar surface area (TPSA) is 29.0 Å². The number of piperidine rings is 1. The molecule has 3 heterocycles. The van der Waals surface area contributed by atoms with E-state index in [-0.39, 0.29) is 0 Å². The Morgan fingerprint density at radius 1 is 0.935 bits per heavy atom. The van der Waals surface area contributed by atoms with Crippen molar-refractivity contribution in [2.45, 2.75) is 19.8 Å². The third-order valence-electron chi connectivity index (χ3n) is 5.59. The van der Waals surface area contributed by atoms with Crippen molar-refractivity contribution < 1.29 is 0 Å². The van der Waals surface area contributed by atoms with Gasteiger partial charge >= 0.3 is 0 Å². The van der Waals surface area contributed by atoms with Gasteiger partial charge in [0.05, 0.1) is 5.69 Å². The number of hydrogen-bond acceptors (Lipinski definition) is 3. The van der Waals surface area contributed by atoms with Crippen LogP contribution in [-0.4, -0.2) is 34.5 Å². The molecule has 1 aliphatic heterocycles. The number of halogens is 1. The van der Waals surface area contributed by atoms with Gasteiger partial charge in [-0.1, -0.05) is 48.7 Å². The molecule has 0 unspecified atom stereocenters. The van der Waals surface area contributed by atoms with Gasteiger partial charge in [0, 0.05) is 35.1 Å². The number of hydrogen-bond donors (Lipinski definition) is 0. The second-order valence-corrected chi connectivity index (χ2v) is 8.48. The minimum atomic E-state index is 0.728. The smallest absolute Gasteiger partial charge is 0.113 e. The van der Waals surface area contributed by atoms with E-state index in [0.717, 1.165) is 45.6 Å². The molecular weight excluding hydrogens is 402 g/mol. The van der Waals surface area contributed by atoms with Crippen LogP contribution in [0.5, 0.6) is 0 Å². The van der Waals surface area contributed by atoms with E-state index in [9.17, 15) is 0 Å². The van der Waals surface area contributed by atoms with Crippen molar-refractivity contribution in [3.63, 3.8) is 0 Å². The molecule has 3 nitrogen and oxygen atoms in total. The number of benzene rings is 1. The first-order valence-electron chi connectivity index (χ1n) is 10.7. The van der Waals surface area contributed by atoms with E-state index in [0.29, 0.717) is 0 Å². The molecular formula is C27H26ClN3. The minimum absolute atomic E-state index is 0.728.